The van der Waals surface area contributed by atoms with Crippen LogP contribution in [0, 0.1) is 0 Å². The first kappa shape index (κ1) is 31.6. The molecule has 5 atom stereocenters. The van der Waals surface area contributed by atoms with E-state index in [1.54, 1.807) is 29.1 Å². The smallest absolute Gasteiger partial charge is 0.340 e. The highest BCUT2D eigenvalue weighted by Gasteiger charge is 2.46. The molecule has 0 bridgehead atoms. The van der Waals surface area contributed by atoms with Crippen LogP contribution in [0.4, 0.5) is 4.39 Å². The number of likely N-dealkylation sites (tertiary alicyclic amines) is 1. The van der Waals surface area contributed by atoms with Gasteiger partial charge in [0.15, 0.2) is 0 Å². The quantitative estimate of drug-likeness (QED) is 0.341. The minimum absolute atomic E-state index is 0.0556. The highest BCUT2D eigenvalue weighted by molar-refractivity contribution is 7.51. The Morgan fingerprint density at radius 3 is 2.58 bits per heavy atom. The lowest BCUT2D eigenvalue weighted by Crippen LogP contribution is -2.56. The summed E-state index contributed by atoms with van der Waals surface area (Å²) in [6.07, 6.45) is 6.61. The molecule has 3 fully saturated rings. The van der Waals surface area contributed by atoms with Crippen molar-refractivity contribution in [1.82, 2.24) is 19.7 Å². The van der Waals surface area contributed by atoms with E-state index in [0.29, 0.717) is 36.0 Å². The van der Waals surface area contributed by atoms with E-state index < -0.39 is 31.5 Å². The number of rotatable bonds is 6. The minimum atomic E-state index is -4.98. The summed E-state index contributed by atoms with van der Waals surface area (Å²) in [6.45, 7) is 1.04. The average molecular weight is 659 g/mol. The number of halogens is 1. The fourth-order valence-corrected chi connectivity index (χ4v) is 8.41. The first-order chi connectivity index (χ1) is 21.4. The fourth-order valence-electron chi connectivity index (χ4n) is 6.91. The van der Waals surface area contributed by atoms with Crippen molar-refractivity contribution in [3.8, 4) is 0 Å². The largest absolute Gasteiger partial charge is 0.363 e. The summed E-state index contributed by atoms with van der Waals surface area (Å²) >= 11 is 1.14. The van der Waals surface area contributed by atoms with E-state index in [2.05, 4.69) is 5.32 Å². The number of hydrogen-bond donors (Lipinski definition) is 3. The van der Waals surface area contributed by atoms with Crippen LogP contribution in [0.5, 0.6) is 0 Å². The van der Waals surface area contributed by atoms with Crippen LogP contribution < -0.4 is 10.9 Å². The number of thiophene rings is 1. The Morgan fingerprint density at radius 1 is 1.04 bits per heavy atom. The van der Waals surface area contributed by atoms with Gasteiger partial charge in [-0.25, -0.2) is 4.39 Å². The topological polar surface area (TPSA) is 149 Å². The van der Waals surface area contributed by atoms with Gasteiger partial charge >= 0.3 is 7.60 Å². The number of alkyl halides is 1. The number of aromatic nitrogens is 1. The molecule has 6 rings (SSSR count). The molecule has 0 spiro atoms. The molecular formula is C31H36FN4O7PS. The number of aryl methyl sites for hydroxylation is 1. The number of amides is 3. The lowest BCUT2D eigenvalue weighted by molar-refractivity contribution is -0.146. The van der Waals surface area contributed by atoms with E-state index in [9.17, 15) is 37.9 Å². The Labute approximate surface area is 263 Å². The molecule has 3 saturated heterocycles. The van der Waals surface area contributed by atoms with Crippen molar-refractivity contribution >= 4 is 46.7 Å². The molecule has 45 heavy (non-hydrogen) atoms. The van der Waals surface area contributed by atoms with Crippen LogP contribution in [0.2, 0.25) is 0 Å². The van der Waals surface area contributed by atoms with Gasteiger partial charge in [0.25, 0.3) is 11.5 Å². The number of nitrogens with one attached hydrogen (secondary N) is 1. The second kappa shape index (κ2) is 12.4. The number of pyridine rings is 1. The van der Waals surface area contributed by atoms with Gasteiger partial charge in [-0.05, 0) is 72.9 Å². The number of carbonyl (C=O) groups is 3. The number of hydrogen-bond acceptors (Lipinski definition) is 6. The Morgan fingerprint density at radius 2 is 1.82 bits per heavy atom. The third-order valence-corrected chi connectivity index (χ3v) is 11.4. The molecule has 2 unspecified atom stereocenters. The molecule has 5 heterocycles. The number of benzene rings is 1. The molecule has 0 radical (unpaired) electrons. The summed E-state index contributed by atoms with van der Waals surface area (Å²) in [5.41, 5.74) is 0.638. The second-order valence-corrected chi connectivity index (χ2v) is 15.0. The van der Waals surface area contributed by atoms with Crippen molar-refractivity contribution in [2.24, 2.45) is 7.05 Å². The van der Waals surface area contributed by atoms with Gasteiger partial charge in [0.1, 0.15) is 12.1 Å². The molecule has 3 aliphatic rings. The zero-order valence-electron chi connectivity index (χ0n) is 24.8. The summed E-state index contributed by atoms with van der Waals surface area (Å²) in [6, 6.07) is 7.68. The predicted octanol–water partition coefficient (Wildman–Crippen LogP) is 3.79. The maximum absolute atomic E-state index is 14.3. The summed E-state index contributed by atoms with van der Waals surface area (Å²) in [5.74, 6) is -3.24. The summed E-state index contributed by atoms with van der Waals surface area (Å²) < 4.78 is 27.8. The van der Waals surface area contributed by atoms with Gasteiger partial charge in [0.05, 0.1) is 4.88 Å². The Balaban J connectivity index is 1.16. The van der Waals surface area contributed by atoms with Crippen molar-refractivity contribution in [2.75, 3.05) is 13.1 Å². The van der Waals surface area contributed by atoms with E-state index in [1.807, 2.05) is 6.07 Å². The second-order valence-electron chi connectivity index (χ2n) is 12.3. The van der Waals surface area contributed by atoms with E-state index in [1.165, 1.54) is 28.8 Å². The van der Waals surface area contributed by atoms with Crippen molar-refractivity contribution < 1.29 is 33.1 Å². The van der Waals surface area contributed by atoms with Crippen LogP contribution in [0.15, 0.2) is 47.4 Å². The third kappa shape index (κ3) is 6.36. The van der Waals surface area contributed by atoms with E-state index >= 15 is 0 Å². The zero-order chi connectivity index (χ0) is 32.0. The molecule has 2 aromatic heterocycles. The highest BCUT2D eigenvalue weighted by atomic mass is 32.1. The molecule has 3 amide bonds. The van der Waals surface area contributed by atoms with Crippen LogP contribution in [-0.2, 0) is 21.2 Å². The van der Waals surface area contributed by atoms with E-state index in [-0.39, 0.29) is 39.8 Å². The average Bonchev–Trinajstić information content (AvgIpc) is 3.76. The molecule has 3 aromatic rings. The van der Waals surface area contributed by atoms with Gasteiger partial charge in [-0.2, -0.15) is 0 Å². The van der Waals surface area contributed by atoms with Crippen molar-refractivity contribution in [2.45, 2.75) is 74.9 Å². The Kier molecular flexibility index (Phi) is 8.73. The Hall–Kier alpha value is -3.38. The summed E-state index contributed by atoms with van der Waals surface area (Å²) in [7, 11) is -3.29. The van der Waals surface area contributed by atoms with Crippen molar-refractivity contribution in [3.05, 3.63) is 69.0 Å². The van der Waals surface area contributed by atoms with Crippen LogP contribution in [0.25, 0.3) is 10.1 Å². The zero-order valence-corrected chi connectivity index (χ0v) is 26.5. The van der Waals surface area contributed by atoms with Crippen molar-refractivity contribution in [1.29, 1.82) is 0 Å². The molecule has 3 aliphatic heterocycles. The molecule has 0 saturated carbocycles. The molecule has 1 aromatic carbocycles. The third-order valence-electron chi connectivity index (χ3n) is 9.36. The van der Waals surface area contributed by atoms with Gasteiger partial charge in [-0.15, -0.1) is 11.3 Å². The number of fused-ring (bicyclic) bond motifs is 2. The van der Waals surface area contributed by atoms with Gasteiger partial charge < -0.3 is 29.5 Å². The van der Waals surface area contributed by atoms with Crippen LogP contribution in [-0.4, -0.2) is 73.1 Å². The van der Waals surface area contributed by atoms with Crippen LogP contribution in [0.3, 0.4) is 0 Å². The SMILES string of the molecule is Cn1ccc(C2CCN(C(=O)[C@@H]3CC[C@@H]4CCCC[C@H](NC(=O)c5cc6cc(C(F)P(=O)(O)O)ccc6s5)C(=O)N43)C2)cc1=O. The molecule has 0 aliphatic carbocycles. The molecular weight excluding hydrogens is 622 g/mol. The van der Waals surface area contributed by atoms with Crippen LogP contribution >= 0.6 is 18.9 Å². The number of nitrogens with zero attached hydrogens (tertiary/aromatic N) is 3. The standard InChI is InChI=1S/C31H36FN4O7PS/c1-34-12-10-18(16-27(34)37)20-11-13-35(17-20)31(40)24-8-7-22-4-2-3-5-23(30(39)36(22)24)33-29(38)26-15-21-14-19(6-9-25(21)45-26)28(32)44(41,42)43/h6,9-10,12,14-16,20,22-24,28H,2-5,7-8,11,13,17H2,1H3,(H,33,38)(H2,41,42,43)/t20?,22-,23-,24-,28?/m0/s1. The summed E-state index contributed by atoms with van der Waals surface area (Å²) in [5, 5.41) is 3.35. The maximum Gasteiger partial charge on any atom is 0.363 e. The van der Waals surface area contributed by atoms with Crippen LogP contribution in [0.1, 0.15) is 77.6 Å². The van der Waals surface area contributed by atoms with E-state index in [0.717, 1.165) is 49.0 Å². The van der Waals surface area contributed by atoms with Gasteiger partial charge in [0, 0.05) is 49.1 Å². The first-order valence-electron chi connectivity index (χ1n) is 15.2. The lowest BCUT2D eigenvalue weighted by atomic mass is 9.98. The van der Waals surface area contributed by atoms with Gasteiger partial charge in [-0.1, -0.05) is 18.9 Å². The lowest BCUT2D eigenvalue weighted by Gasteiger charge is -2.36. The molecule has 11 nitrogen and oxygen atoms in total. The Bertz CT molecular complexity index is 1750. The minimum Gasteiger partial charge on any atom is -0.340 e. The molecule has 240 valence electrons. The monoisotopic (exact) mass is 658 g/mol. The molecule has 14 heteroatoms. The van der Waals surface area contributed by atoms with E-state index in [4.69, 9.17) is 0 Å². The van der Waals surface area contributed by atoms with Gasteiger partial charge in [-0.3, -0.25) is 23.7 Å². The number of carbonyl (C=O) groups excluding carboxylic acids is 3. The predicted molar refractivity (Wildman–Crippen MR) is 167 cm³/mol. The van der Waals surface area contributed by atoms with Crippen molar-refractivity contribution in [3.63, 3.8) is 0 Å². The highest BCUT2D eigenvalue weighted by Crippen LogP contribution is 2.53. The maximum atomic E-state index is 14.3. The van der Waals surface area contributed by atoms with Gasteiger partial charge in [0.2, 0.25) is 17.7 Å². The molecule has 3 N–H and O–H groups in total. The fraction of sp³-hybridized carbons (Fsp3) is 0.484. The summed E-state index contributed by atoms with van der Waals surface area (Å²) in [4.78, 5) is 75.6. The first-order valence-corrected chi connectivity index (χ1v) is 17.7. The normalized spacial score (nSPS) is 24.8.